The summed E-state index contributed by atoms with van der Waals surface area (Å²) in [6.45, 7) is 8.40. The monoisotopic (exact) mass is 344 g/mol. The van der Waals surface area contributed by atoms with Crippen LogP contribution in [0.3, 0.4) is 0 Å². The summed E-state index contributed by atoms with van der Waals surface area (Å²) in [6, 6.07) is 0. The predicted molar refractivity (Wildman–Crippen MR) is 96.9 cm³/mol. The molecule has 0 saturated heterocycles. The lowest BCUT2D eigenvalue weighted by molar-refractivity contribution is -0.161. The SMILES string of the molecule is CC(=O)[C@@]1(O)CC[C@H]2[C@@H]3CC(C)C4=CC(=O)CC[C@]4(C)[C@H]3CC[C@@]21C. The van der Waals surface area contributed by atoms with Crippen molar-refractivity contribution in [3.8, 4) is 0 Å². The zero-order chi connectivity index (χ0) is 18.2. The van der Waals surface area contributed by atoms with Crippen LogP contribution in [0.15, 0.2) is 11.6 Å². The number of fused-ring (bicyclic) bond motifs is 5. The Bertz CT molecular complexity index is 664. The third-order valence-corrected chi connectivity index (χ3v) is 9.01. The fourth-order valence-corrected chi connectivity index (χ4v) is 7.58. The first-order chi connectivity index (χ1) is 11.6. The van der Waals surface area contributed by atoms with E-state index < -0.39 is 5.60 Å². The van der Waals surface area contributed by atoms with Crippen LogP contribution in [0, 0.1) is 34.5 Å². The molecule has 3 nitrogen and oxygen atoms in total. The van der Waals surface area contributed by atoms with Gasteiger partial charge in [-0.3, -0.25) is 9.59 Å². The number of hydrogen-bond donors (Lipinski definition) is 1. The van der Waals surface area contributed by atoms with Gasteiger partial charge >= 0.3 is 0 Å². The molecule has 3 saturated carbocycles. The number of rotatable bonds is 1. The quantitative estimate of drug-likeness (QED) is 0.779. The van der Waals surface area contributed by atoms with E-state index in [1.165, 1.54) is 5.57 Å². The molecule has 1 unspecified atom stereocenters. The van der Waals surface area contributed by atoms with E-state index >= 15 is 0 Å². The van der Waals surface area contributed by atoms with Crippen LogP contribution >= 0.6 is 0 Å². The second-order valence-corrected chi connectivity index (χ2v) is 9.91. The minimum Gasteiger partial charge on any atom is -0.382 e. The molecular weight excluding hydrogens is 312 g/mol. The molecule has 0 aliphatic heterocycles. The van der Waals surface area contributed by atoms with Crippen molar-refractivity contribution in [2.24, 2.45) is 34.5 Å². The molecule has 4 aliphatic rings. The van der Waals surface area contributed by atoms with Crippen molar-refractivity contribution in [2.45, 2.75) is 78.2 Å². The van der Waals surface area contributed by atoms with Gasteiger partial charge in [0, 0.05) is 11.8 Å². The molecule has 0 aromatic carbocycles. The zero-order valence-corrected chi connectivity index (χ0v) is 16.1. The Kier molecular flexibility index (Phi) is 3.69. The molecule has 0 aromatic rings. The minimum atomic E-state index is -1.13. The van der Waals surface area contributed by atoms with Crippen molar-refractivity contribution in [1.82, 2.24) is 0 Å². The maximum Gasteiger partial charge on any atom is 0.161 e. The predicted octanol–water partition coefficient (Wildman–Crippen LogP) is 4.08. The highest BCUT2D eigenvalue weighted by atomic mass is 16.3. The first kappa shape index (κ1) is 17.5. The average molecular weight is 344 g/mol. The molecule has 1 N–H and O–H groups in total. The number of carbonyl (C=O) groups excluding carboxylic acids is 2. The molecule has 3 heteroatoms. The van der Waals surface area contributed by atoms with Gasteiger partial charge in [0.2, 0.25) is 0 Å². The van der Waals surface area contributed by atoms with Crippen LogP contribution in [0.2, 0.25) is 0 Å². The summed E-state index contributed by atoms with van der Waals surface area (Å²) >= 11 is 0. The molecule has 0 aromatic heterocycles. The molecule has 4 rings (SSSR count). The highest BCUT2D eigenvalue weighted by molar-refractivity contribution is 5.91. The van der Waals surface area contributed by atoms with E-state index in [0.29, 0.717) is 42.3 Å². The number of hydrogen-bond acceptors (Lipinski definition) is 3. The van der Waals surface area contributed by atoms with E-state index in [1.807, 2.05) is 6.08 Å². The van der Waals surface area contributed by atoms with Crippen LogP contribution in [0.1, 0.15) is 72.6 Å². The molecule has 0 radical (unpaired) electrons. The molecule has 138 valence electrons. The fraction of sp³-hybridized carbons (Fsp3) is 0.818. The minimum absolute atomic E-state index is 0.0464. The van der Waals surface area contributed by atoms with Crippen molar-refractivity contribution in [1.29, 1.82) is 0 Å². The Morgan fingerprint density at radius 2 is 1.84 bits per heavy atom. The lowest BCUT2D eigenvalue weighted by Gasteiger charge is -2.60. The smallest absolute Gasteiger partial charge is 0.161 e. The number of aliphatic hydroxyl groups is 1. The Morgan fingerprint density at radius 1 is 1.16 bits per heavy atom. The summed E-state index contributed by atoms with van der Waals surface area (Å²) in [5.74, 6) is 2.27. The topological polar surface area (TPSA) is 54.4 Å². The fourth-order valence-electron chi connectivity index (χ4n) is 7.58. The normalized spacial score (nSPS) is 52.0. The lowest BCUT2D eigenvalue weighted by atomic mass is 9.45. The van der Waals surface area contributed by atoms with Crippen molar-refractivity contribution in [3.63, 3.8) is 0 Å². The summed E-state index contributed by atoms with van der Waals surface area (Å²) in [7, 11) is 0. The summed E-state index contributed by atoms with van der Waals surface area (Å²) < 4.78 is 0. The van der Waals surface area contributed by atoms with Gasteiger partial charge in [0.25, 0.3) is 0 Å². The Morgan fingerprint density at radius 3 is 2.52 bits per heavy atom. The molecule has 0 amide bonds. The van der Waals surface area contributed by atoms with Crippen molar-refractivity contribution in [2.75, 3.05) is 0 Å². The summed E-state index contributed by atoms with van der Waals surface area (Å²) in [4.78, 5) is 24.3. The first-order valence-electron chi connectivity index (χ1n) is 10.1. The van der Waals surface area contributed by atoms with Crippen molar-refractivity contribution >= 4 is 11.6 Å². The standard InChI is InChI=1S/C22H32O3/c1-13-11-16-17(20(3)8-5-15(24)12-19(13)20)6-9-21(4)18(16)7-10-22(21,25)14(2)23/h12-13,16-18,25H,5-11H2,1-4H3/t13?,16-,17+,18+,20-,21+,22+/m1/s1. The lowest BCUT2D eigenvalue weighted by Crippen LogP contribution is -2.57. The van der Waals surface area contributed by atoms with Crippen LogP contribution in [-0.2, 0) is 9.59 Å². The summed E-state index contributed by atoms with van der Waals surface area (Å²) in [5, 5.41) is 11.2. The highest BCUT2D eigenvalue weighted by Gasteiger charge is 2.66. The van der Waals surface area contributed by atoms with E-state index in [4.69, 9.17) is 0 Å². The van der Waals surface area contributed by atoms with E-state index in [9.17, 15) is 14.7 Å². The second-order valence-electron chi connectivity index (χ2n) is 9.91. The Hall–Kier alpha value is -0.960. The maximum atomic E-state index is 12.3. The van der Waals surface area contributed by atoms with E-state index in [0.717, 1.165) is 32.1 Å². The van der Waals surface area contributed by atoms with Gasteiger partial charge in [0.05, 0.1) is 0 Å². The average Bonchev–Trinajstić information content (AvgIpc) is 2.83. The second kappa shape index (κ2) is 5.28. The molecule has 7 atom stereocenters. The molecule has 3 fully saturated rings. The highest BCUT2D eigenvalue weighted by Crippen LogP contribution is 2.68. The van der Waals surface area contributed by atoms with Gasteiger partial charge in [-0.05, 0) is 80.6 Å². The van der Waals surface area contributed by atoms with Gasteiger partial charge in [-0.2, -0.15) is 0 Å². The Labute approximate surface area is 151 Å². The van der Waals surface area contributed by atoms with Gasteiger partial charge in [-0.1, -0.05) is 26.3 Å². The van der Waals surface area contributed by atoms with Crippen LogP contribution in [0.5, 0.6) is 0 Å². The van der Waals surface area contributed by atoms with Crippen molar-refractivity contribution in [3.05, 3.63) is 11.6 Å². The van der Waals surface area contributed by atoms with Crippen LogP contribution in [0.4, 0.5) is 0 Å². The molecule has 25 heavy (non-hydrogen) atoms. The van der Waals surface area contributed by atoms with Gasteiger partial charge < -0.3 is 5.11 Å². The van der Waals surface area contributed by atoms with Crippen LogP contribution in [-0.4, -0.2) is 22.3 Å². The van der Waals surface area contributed by atoms with Gasteiger partial charge in [0.1, 0.15) is 5.60 Å². The van der Waals surface area contributed by atoms with Crippen LogP contribution < -0.4 is 0 Å². The van der Waals surface area contributed by atoms with Crippen LogP contribution in [0.25, 0.3) is 0 Å². The molecule has 4 aliphatic carbocycles. The van der Waals surface area contributed by atoms with E-state index in [1.54, 1.807) is 6.92 Å². The maximum absolute atomic E-state index is 12.3. The molecule has 0 spiro atoms. The summed E-state index contributed by atoms with van der Waals surface area (Å²) in [6.07, 6.45) is 8.31. The van der Waals surface area contributed by atoms with Crippen molar-refractivity contribution < 1.29 is 14.7 Å². The number of Topliss-reactive ketones (excluding diaryl/α,β-unsaturated/α-hetero) is 1. The van der Waals surface area contributed by atoms with E-state index in [-0.39, 0.29) is 16.6 Å². The number of carbonyl (C=O) groups is 2. The molecule has 0 heterocycles. The largest absolute Gasteiger partial charge is 0.382 e. The summed E-state index contributed by atoms with van der Waals surface area (Å²) in [5.41, 5.74) is 0.107. The zero-order valence-electron chi connectivity index (χ0n) is 16.1. The van der Waals surface area contributed by atoms with Gasteiger partial charge in [-0.15, -0.1) is 0 Å². The third-order valence-electron chi connectivity index (χ3n) is 9.01. The van der Waals surface area contributed by atoms with E-state index in [2.05, 4.69) is 20.8 Å². The molecule has 0 bridgehead atoms. The Balaban J connectivity index is 1.73. The van der Waals surface area contributed by atoms with Gasteiger partial charge in [0.15, 0.2) is 11.6 Å². The molecular formula is C22H32O3. The third kappa shape index (κ3) is 2.08. The number of ketones is 2. The first-order valence-corrected chi connectivity index (χ1v) is 10.1. The number of allylic oxidation sites excluding steroid dienone is 1. The van der Waals surface area contributed by atoms with Gasteiger partial charge in [-0.25, -0.2) is 0 Å².